The monoisotopic (exact) mass is 196 g/mol. The number of imidazole rings is 1. The highest BCUT2D eigenvalue weighted by atomic mass is 32.1. The Morgan fingerprint density at radius 2 is 2.54 bits per heavy atom. The minimum absolute atomic E-state index is 0.635. The maximum absolute atomic E-state index is 5.28. The van der Waals surface area contributed by atoms with Gasteiger partial charge in [-0.05, 0) is 0 Å². The van der Waals surface area contributed by atoms with E-state index in [9.17, 15) is 0 Å². The zero-order chi connectivity index (χ0) is 9.10. The molecule has 0 aromatic carbocycles. The van der Waals surface area contributed by atoms with Crippen LogP contribution in [0.25, 0.3) is 0 Å². The molecule has 0 atom stereocenters. The molecule has 0 fully saturated rings. The van der Waals surface area contributed by atoms with Gasteiger partial charge in [0, 0.05) is 23.9 Å². The number of nitrogen functional groups attached to an aromatic ring is 1. The number of aromatic nitrogens is 4. The van der Waals surface area contributed by atoms with E-state index in [1.807, 2.05) is 10.8 Å². The molecule has 2 aromatic rings. The van der Waals surface area contributed by atoms with Crippen LogP contribution in [-0.2, 0) is 6.54 Å². The lowest BCUT2D eigenvalue weighted by Crippen LogP contribution is -2.08. The molecule has 13 heavy (non-hydrogen) atoms. The summed E-state index contributed by atoms with van der Waals surface area (Å²) in [6.45, 7) is 0.635. The molecule has 0 saturated carbocycles. The fraction of sp³-hybridized carbons (Fsp3) is 0.167. The summed E-state index contributed by atoms with van der Waals surface area (Å²) in [4.78, 5) is 3.92. The van der Waals surface area contributed by atoms with Crippen LogP contribution in [0.4, 0.5) is 5.00 Å². The number of nitrogens with one attached hydrogen (secondary N) is 1. The molecule has 0 radical (unpaired) electrons. The number of rotatable bonds is 3. The molecule has 68 valence electrons. The Balaban J connectivity index is 2.18. The second-order valence-electron chi connectivity index (χ2n) is 2.43. The topological polar surface area (TPSA) is 81.6 Å². The van der Waals surface area contributed by atoms with Crippen molar-refractivity contribution in [1.29, 1.82) is 0 Å². The van der Waals surface area contributed by atoms with Crippen LogP contribution in [0.1, 0.15) is 5.69 Å². The van der Waals surface area contributed by atoms with Crippen molar-refractivity contribution in [1.82, 2.24) is 19.1 Å². The first-order chi connectivity index (χ1) is 6.40. The van der Waals surface area contributed by atoms with Gasteiger partial charge in [0.05, 0.1) is 12.9 Å². The van der Waals surface area contributed by atoms with Gasteiger partial charge in [0.25, 0.3) is 0 Å². The Morgan fingerprint density at radius 1 is 1.62 bits per heavy atom. The van der Waals surface area contributed by atoms with Crippen molar-refractivity contribution >= 4 is 16.5 Å². The average Bonchev–Trinajstić information content (AvgIpc) is 2.76. The van der Waals surface area contributed by atoms with E-state index in [2.05, 4.69) is 20.0 Å². The van der Waals surface area contributed by atoms with Crippen molar-refractivity contribution in [3.8, 4) is 0 Å². The molecule has 2 heterocycles. The molecule has 0 unspecified atom stereocenters. The van der Waals surface area contributed by atoms with E-state index >= 15 is 0 Å². The Bertz CT molecular complexity index is 366. The van der Waals surface area contributed by atoms with Gasteiger partial charge in [-0.25, -0.2) is 10.8 Å². The number of nitrogens with zero attached hydrogens (tertiary/aromatic N) is 4. The molecular formula is C6H8N6S. The fourth-order valence-corrected chi connectivity index (χ4v) is 1.46. The summed E-state index contributed by atoms with van der Waals surface area (Å²) in [5, 5.41) is 4.73. The van der Waals surface area contributed by atoms with Crippen molar-refractivity contribution in [2.45, 2.75) is 6.54 Å². The van der Waals surface area contributed by atoms with Crippen molar-refractivity contribution in [3.63, 3.8) is 0 Å². The Morgan fingerprint density at radius 3 is 3.23 bits per heavy atom. The van der Waals surface area contributed by atoms with Gasteiger partial charge in [-0.2, -0.15) is 0 Å². The van der Waals surface area contributed by atoms with Crippen LogP contribution in [0, 0.1) is 0 Å². The summed E-state index contributed by atoms with van der Waals surface area (Å²) < 4.78 is 5.69. The molecule has 0 aliphatic carbocycles. The molecule has 2 aromatic heterocycles. The Labute approximate surface area is 78.5 Å². The maximum Gasteiger partial charge on any atom is 0.149 e. The molecule has 0 aliphatic heterocycles. The Kier molecular flexibility index (Phi) is 2.19. The highest BCUT2D eigenvalue weighted by Gasteiger charge is 2.05. The van der Waals surface area contributed by atoms with Crippen LogP contribution in [0.15, 0.2) is 18.7 Å². The average molecular weight is 196 g/mol. The first-order valence-electron chi connectivity index (χ1n) is 3.63. The van der Waals surface area contributed by atoms with Crippen molar-refractivity contribution in [2.75, 3.05) is 5.43 Å². The molecule has 3 N–H and O–H groups in total. The summed E-state index contributed by atoms with van der Waals surface area (Å²) in [6, 6.07) is 0. The predicted octanol–water partition coefficient (Wildman–Crippen LogP) is 0.0685. The third kappa shape index (κ3) is 1.65. The van der Waals surface area contributed by atoms with Gasteiger partial charge < -0.3 is 9.99 Å². The van der Waals surface area contributed by atoms with Crippen molar-refractivity contribution in [3.05, 3.63) is 24.4 Å². The summed E-state index contributed by atoms with van der Waals surface area (Å²) in [7, 11) is 0. The van der Waals surface area contributed by atoms with Crippen molar-refractivity contribution in [2.24, 2.45) is 5.84 Å². The lowest BCUT2D eigenvalue weighted by molar-refractivity contribution is 0.768. The summed E-state index contributed by atoms with van der Waals surface area (Å²) in [5.74, 6) is 5.28. The highest BCUT2D eigenvalue weighted by Crippen LogP contribution is 2.16. The van der Waals surface area contributed by atoms with Gasteiger partial charge in [-0.1, -0.05) is 4.49 Å². The summed E-state index contributed by atoms with van der Waals surface area (Å²) in [6.07, 6.45) is 5.30. The molecule has 7 heteroatoms. The van der Waals surface area contributed by atoms with Gasteiger partial charge in [-0.3, -0.25) is 0 Å². The summed E-state index contributed by atoms with van der Waals surface area (Å²) in [5.41, 5.74) is 3.37. The molecule has 0 bridgehead atoms. The number of nitrogens with two attached hydrogens (primary N) is 1. The standard InChI is InChI=1S/C6H8N6S/c7-9-6-5(10-11-13-6)3-12-2-1-8-4-12/h1-2,4,9H,3,7H2. The first kappa shape index (κ1) is 8.14. The van der Waals surface area contributed by atoms with Crippen LogP contribution >= 0.6 is 11.5 Å². The zero-order valence-electron chi connectivity index (χ0n) is 6.71. The fourth-order valence-electron chi connectivity index (χ4n) is 0.975. The number of hydrazine groups is 1. The maximum atomic E-state index is 5.28. The third-order valence-electron chi connectivity index (χ3n) is 1.58. The third-order valence-corrected chi connectivity index (χ3v) is 2.28. The van der Waals surface area contributed by atoms with Crippen LogP contribution in [0.5, 0.6) is 0 Å². The quantitative estimate of drug-likeness (QED) is 0.536. The second kappa shape index (κ2) is 3.50. The van der Waals surface area contributed by atoms with E-state index < -0.39 is 0 Å². The molecule has 2 rings (SSSR count). The Hall–Kier alpha value is -1.47. The van der Waals surface area contributed by atoms with Crippen LogP contribution < -0.4 is 11.3 Å². The van der Waals surface area contributed by atoms with E-state index in [4.69, 9.17) is 5.84 Å². The largest absolute Gasteiger partial charge is 0.331 e. The normalized spacial score (nSPS) is 10.2. The van der Waals surface area contributed by atoms with E-state index in [1.54, 1.807) is 12.5 Å². The van der Waals surface area contributed by atoms with Crippen LogP contribution in [-0.4, -0.2) is 19.1 Å². The molecular weight excluding hydrogens is 188 g/mol. The molecule has 6 nitrogen and oxygen atoms in total. The minimum atomic E-state index is 0.635. The van der Waals surface area contributed by atoms with Crippen molar-refractivity contribution < 1.29 is 0 Å². The lowest BCUT2D eigenvalue weighted by atomic mass is 10.4. The summed E-state index contributed by atoms with van der Waals surface area (Å²) >= 11 is 1.24. The highest BCUT2D eigenvalue weighted by molar-refractivity contribution is 7.10. The number of hydrogen-bond donors (Lipinski definition) is 2. The number of hydrogen-bond acceptors (Lipinski definition) is 6. The SMILES string of the molecule is NNc1snnc1Cn1ccnc1. The second-order valence-corrected chi connectivity index (χ2v) is 3.18. The van der Waals surface area contributed by atoms with E-state index in [0.29, 0.717) is 6.54 Å². The van der Waals surface area contributed by atoms with Gasteiger partial charge in [0.2, 0.25) is 0 Å². The van der Waals surface area contributed by atoms with Gasteiger partial charge in [0.1, 0.15) is 10.7 Å². The van der Waals surface area contributed by atoms with Crippen LogP contribution in [0.2, 0.25) is 0 Å². The van der Waals surface area contributed by atoms with E-state index in [1.165, 1.54) is 11.5 Å². The van der Waals surface area contributed by atoms with E-state index in [-0.39, 0.29) is 0 Å². The van der Waals surface area contributed by atoms with Crippen LogP contribution in [0.3, 0.4) is 0 Å². The van der Waals surface area contributed by atoms with Gasteiger partial charge in [-0.15, -0.1) is 5.10 Å². The smallest absolute Gasteiger partial charge is 0.149 e. The molecule has 0 saturated heterocycles. The number of anilines is 1. The van der Waals surface area contributed by atoms with E-state index in [0.717, 1.165) is 10.7 Å². The predicted molar refractivity (Wildman–Crippen MR) is 49.0 cm³/mol. The molecule has 0 spiro atoms. The molecule has 0 aliphatic rings. The van der Waals surface area contributed by atoms with Gasteiger partial charge in [0.15, 0.2) is 0 Å². The molecule has 0 amide bonds. The zero-order valence-corrected chi connectivity index (χ0v) is 7.53. The first-order valence-corrected chi connectivity index (χ1v) is 4.41. The lowest BCUT2D eigenvalue weighted by Gasteiger charge is -1.99. The van der Waals surface area contributed by atoms with Gasteiger partial charge >= 0.3 is 0 Å². The minimum Gasteiger partial charge on any atom is -0.331 e.